The maximum absolute atomic E-state index is 12.8. The molecule has 3 heterocycles. The molecule has 2 amide bonds. The fourth-order valence-corrected chi connectivity index (χ4v) is 5.25. The number of allylic oxidation sites excluding steroid dienone is 1. The molecule has 0 spiro atoms. The molecule has 31 heavy (non-hydrogen) atoms. The van der Waals surface area contributed by atoms with Gasteiger partial charge < -0.3 is 15.0 Å². The first kappa shape index (κ1) is 20.8. The van der Waals surface area contributed by atoms with Gasteiger partial charge in [0.05, 0.1) is 6.42 Å². The summed E-state index contributed by atoms with van der Waals surface area (Å²) in [7, 11) is 0. The molecule has 2 N–H and O–H groups in total. The number of β-lactam (4-membered cyclic amide) rings is 1. The first-order valence-corrected chi connectivity index (χ1v) is 10.9. The number of carbonyl (C=O) groups is 3. The second kappa shape index (κ2) is 8.75. The third kappa shape index (κ3) is 4.23. The van der Waals surface area contributed by atoms with E-state index in [9.17, 15) is 24.0 Å². The van der Waals surface area contributed by atoms with Crippen LogP contribution in [0.3, 0.4) is 0 Å². The number of hydrogen-bond acceptors (Lipinski definition) is 5. The molecule has 2 aromatic rings. The van der Waals surface area contributed by atoms with Gasteiger partial charge in [-0.2, -0.15) is 0 Å². The minimum Gasteiger partial charge on any atom is -0.614 e. The van der Waals surface area contributed by atoms with Gasteiger partial charge in [-0.3, -0.25) is 19.5 Å². The molecule has 2 aliphatic heterocycles. The summed E-state index contributed by atoms with van der Waals surface area (Å²) in [5.41, 5.74) is 1.67. The van der Waals surface area contributed by atoms with Gasteiger partial charge in [-0.15, -0.1) is 0 Å². The number of carboxylic acid groups (broad SMARTS) is 1. The van der Waals surface area contributed by atoms with Crippen LogP contribution in [0.2, 0.25) is 0 Å². The molecule has 4 rings (SSSR count). The Balaban J connectivity index is 1.53. The van der Waals surface area contributed by atoms with Gasteiger partial charge in [0, 0.05) is 18.0 Å². The Labute approximate surface area is 181 Å². The van der Waals surface area contributed by atoms with E-state index in [0.717, 1.165) is 16.0 Å². The number of aromatic nitrogens is 1. The van der Waals surface area contributed by atoms with Crippen molar-refractivity contribution in [2.45, 2.75) is 17.8 Å². The first-order valence-electron chi connectivity index (χ1n) is 9.54. The van der Waals surface area contributed by atoms with E-state index < -0.39 is 34.5 Å². The highest BCUT2D eigenvalue weighted by molar-refractivity contribution is 7.92. The van der Waals surface area contributed by atoms with Crippen LogP contribution in [0.4, 0.5) is 0 Å². The maximum Gasteiger partial charge on any atom is 0.353 e. The van der Waals surface area contributed by atoms with Gasteiger partial charge in [0.25, 0.3) is 5.91 Å². The molecule has 1 aromatic heterocycles. The third-order valence-corrected chi connectivity index (χ3v) is 6.68. The Bertz CT molecular complexity index is 1070. The van der Waals surface area contributed by atoms with E-state index in [-0.39, 0.29) is 23.8 Å². The van der Waals surface area contributed by atoms with Crippen molar-refractivity contribution in [3.8, 4) is 0 Å². The minimum atomic E-state index is -1.56. The number of aliphatic carboxylic acids is 1. The van der Waals surface area contributed by atoms with Crippen molar-refractivity contribution in [1.82, 2.24) is 15.2 Å². The summed E-state index contributed by atoms with van der Waals surface area (Å²) < 4.78 is 12.8. The van der Waals surface area contributed by atoms with Gasteiger partial charge in [-0.05, 0) is 34.4 Å². The van der Waals surface area contributed by atoms with E-state index in [4.69, 9.17) is 0 Å². The molecule has 9 heteroatoms. The Morgan fingerprint density at radius 3 is 2.58 bits per heavy atom. The predicted molar refractivity (Wildman–Crippen MR) is 114 cm³/mol. The van der Waals surface area contributed by atoms with E-state index in [1.807, 2.05) is 6.07 Å². The Kier molecular flexibility index (Phi) is 5.88. The highest BCUT2D eigenvalue weighted by Crippen LogP contribution is 2.37. The molecule has 0 radical (unpaired) electrons. The maximum atomic E-state index is 12.8. The second-order valence-corrected chi connectivity index (χ2v) is 8.66. The first-order chi connectivity index (χ1) is 15.0. The lowest BCUT2D eigenvalue weighted by Crippen LogP contribution is -2.74. The Morgan fingerprint density at radius 2 is 1.90 bits per heavy atom. The van der Waals surface area contributed by atoms with Crippen LogP contribution in [0.1, 0.15) is 11.1 Å². The quantitative estimate of drug-likeness (QED) is 0.515. The lowest BCUT2D eigenvalue weighted by molar-refractivity contribution is -0.151. The van der Waals surface area contributed by atoms with Crippen molar-refractivity contribution in [1.29, 1.82) is 0 Å². The fourth-order valence-electron chi connectivity index (χ4n) is 3.61. The zero-order valence-corrected chi connectivity index (χ0v) is 17.1. The SMILES string of the molecule is O=C(Cc1ccccc1)NC1C(=O)N2C(C(=O)O)=C(/C=C/c3ccncc3)C[S+]([O-])[C@H]12. The van der Waals surface area contributed by atoms with Crippen molar-refractivity contribution in [2.24, 2.45) is 0 Å². The largest absolute Gasteiger partial charge is 0.614 e. The fraction of sp³-hybridized carbons (Fsp3) is 0.182. The molecule has 1 saturated heterocycles. The number of fused-ring (bicyclic) bond motifs is 1. The number of carboxylic acids is 1. The smallest absolute Gasteiger partial charge is 0.353 e. The summed E-state index contributed by atoms with van der Waals surface area (Å²) in [4.78, 5) is 41.9. The van der Waals surface area contributed by atoms with Crippen LogP contribution in [-0.4, -0.2) is 54.5 Å². The van der Waals surface area contributed by atoms with Crippen LogP contribution in [-0.2, 0) is 32.0 Å². The summed E-state index contributed by atoms with van der Waals surface area (Å²) in [6, 6.07) is 11.5. The summed E-state index contributed by atoms with van der Waals surface area (Å²) in [6.45, 7) is 0. The summed E-state index contributed by atoms with van der Waals surface area (Å²) in [5, 5.41) is 11.4. The summed E-state index contributed by atoms with van der Waals surface area (Å²) >= 11 is -1.56. The highest BCUT2D eigenvalue weighted by atomic mass is 32.2. The summed E-state index contributed by atoms with van der Waals surface area (Å²) in [5.74, 6) is -2.27. The Morgan fingerprint density at radius 1 is 1.19 bits per heavy atom. The number of amides is 2. The topological polar surface area (TPSA) is 123 Å². The predicted octanol–water partition coefficient (Wildman–Crippen LogP) is 1.09. The Hall–Kier alpha value is -3.43. The molecule has 2 unspecified atom stereocenters. The van der Waals surface area contributed by atoms with Crippen molar-refractivity contribution in [3.63, 3.8) is 0 Å². The summed E-state index contributed by atoms with van der Waals surface area (Å²) in [6.07, 6.45) is 6.51. The number of nitrogens with zero attached hydrogens (tertiary/aromatic N) is 2. The molecule has 0 saturated carbocycles. The number of hydrogen-bond donors (Lipinski definition) is 2. The molecule has 158 valence electrons. The lowest BCUT2D eigenvalue weighted by Gasteiger charge is -2.48. The van der Waals surface area contributed by atoms with Crippen LogP contribution in [0.5, 0.6) is 0 Å². The van der Waals surface area contributed by atoms with Crippen molar-refractivity contribution in [2.75, 3.05) is 5.75 Å². The average Bonchev–Trinajstić information content (AvgIpc) is 2.76. The van der Waals surface area contributed by atoms with E-state index in [2.05, 4.69) is 10.3 Å². The van der Waals surface area contributed by atoms with E-state index in [1.54, 1.807) is 60.9 Å². The van der Waals surface area contributed by atoms with E-state index >= 15 is 0 Å². The monoisotopic (exact) mass is 437 g/mol. The van der Waals surface area contributed by atoms with Crippen LogP contribution >= 0.6 is 0 Å². The van der Waals surface area contributed by atoms with E-state index in [1.165, 1.54) is 0 Å². The molecular formula is C22H19N3O5S. The normalized spacial score (nSPS) is 22.8. The number of carbonyl (C=O) groups excluding carboxylic acids is 2. The van der Waals surface area contributed by atoms with Gasteiger partial charge in [-0.1, -0.05) is 42.5 Å². The van der Waals surface area contributed by atoms with Crippen LogP contribution in [0.25, 0.3) is 6.08 Å². The zero-order valence-electron chi connectivity index (χ0n) is 16.3. The second-order valence-electron chi connectivity index (χ2n) is 7.12. The number of nitrogens with one attached hydrogen (secondary N) is 1. The zero-order chi connectivity index (χ0) is 22.0. The van der Waals surface area contributed by atoms with Gasteiger partial charge in [0.15, 0.2) is 6.04 Å². The van der Waals surface area contributed by atoms with Gasteiger partial charge in [-0.25, -0.2) is 4.79 Å². The van der Waals surface area contributed by atoms with Crippen molar-refractivity contribution >= 4 is 35.0 Å². The molecule has 2 aliphatic rings. The van der Waals surface area contributed by atoms with Gasteiger partial charge in [0.2, 0.25) is 11.3 Å². The molecule has 0 bridgehead atoms. The van der Waals surface area contributed by atoms with Crippen molar-refractivity contribution < 1.29 is 24.0 Å². The minimum absolute atomic E-state index is 0.0251. The number of benzene rings is 1. The number of pyridine rings is 1. The number of rotatable bonds is 6. The van der Waals surface area contributed by atoms with Crippen LogP contribution in [0, 0.1) is 0 Å². The molecule has 8 nitrogen and oxygen atoms in total. The van der Waals surface area contributed by atoms with Crippen molar-refractivity contribution in [3.05, 3.63) is 83.3 Å². The third-order valence-electron chi connectivity index (χ3n) is 5.06. The molecule has 3 atom stereocenters. The molecule has 1 fully saturated rings. The van der Waals surface area contributed by atoms with Gasteiger partial charge in [0.1, 0.15) is 11.4 Å². The average molecular weight is 437 g/mol. The van der Waals surface area contributed by atoms with Crippen LogP contribution in [0.15, 0.2) is 72.2 Å². The lowest BCUT2D eigenvalue weighted by atomic mass is 10.0. The molecule has 1 aromatic carbocycles. The standard InChI is InChI=1S/C22H19N3O5S/c26-17(12-15-4-2-1-3-5-15)24-18-20(27)25-19(22(28)29)16(13-31(30)21(18)25)7-6-14-8-10-23-11-9-14/h1-11,18,21H,12-13H2,(H,24,26)(H,28,29)/b7-6+/t18?,21-,31?/m1/s1. The van der Waals surface area contributed by atoms with E-state index in [0.29, 0.717) is 5.57 Å². The molecular weight excluding hydrogens is 418 g/mol. The molecule has 0 aliphatic carbocycles. The highest BCUT2D eigenvalue weighted by Gasteiger charge is 2.60. The van der Waals surface area contributed by atoms with Gasteiger partial charge >= 0.3 is 5.97 Å². The van der Waals surface area contributed by atoms with Crippen LogP contribution < -0.4 is 5.32 Å².